The highest BCUT2D eigenvalue weighted by Crippen LogP contribution is 2.46. The minimum absolute atomic E-state index is 0.922. The van der Waals surface area contributed by atoms with Crippen LogP contribution >= 0.6 is 11.3 Å². The van der Waals surface area contributed by atoms with Crippen molar-refractivity contribution in [1.29, 1.82) is 0 Å². The summed E-state index contributed by atoms with van der Waals surface area (Å²) in [4.78, 5) is 0. The Labute approximate surface area is 340 Å². The van der Waals surface area contributed by atoms with E-state index in [-0.39, 0.29) is 0 Å². The molecule has 14 aromatic rings. The first-order valence-corrected chi connectivity index (χ1v) is 20.9. The van der Waals surface area contributed by atoms with E-state index in [4.69, 9.17) is 4.42 Å². The molecule has 0 spiro atoms. The molecular formula is C54H31N3OS. The van der Waals surface area contributed by atoms with Crippen LogP contribution in [0.1, 0.15) is 0 Å². The van der Waals surface area contributed by atoms with Gasteiger partial charge in [0.05, 0.1) is 54.3 Å². The van der Waals surface area contributed by atoms with Crippen LogP contribution in [-0.4, -0.2) is 13.7 Å². The van der Waals surface area contributed by atoms with Crippen LogP contribution in [0.3, 0.4) is 0 Å². The SMILES string of the molecule is c1ccc(-n2c3ccccc3c3c4oc5c(ccc6c5c5ccccc5n6-c5ccc6c(c5)c5ccccc5n6-c5cccc6c5sc5ccccc56)c4ccc32)cc1. The highest BCUT2D eigenvalue weighted by atomic mass is 32.1. The molecule has 274 valence electrons. The van der Waals surface area contributed by atoms with Crippen molar-refractivity contribution in [3.8, 4) is 17.1 Å². The van der Waals surface area contributed by atoms with Gasteiger partial charge in [-0.2, -0.15) is 0 Å². The van der Waals surface area contributed by atoms with Gasteiger partial charge in [0.2, 0.25) is 0 Å². The third-order valence-electron chi connectivity index (χ3n) is 12.6. The van der Waals surface area contributed by atoms with Crippen LogP contribution in [0.15, 0.2) is 192 Å². The van der Waals surface area contributed by atoms with E-state index >= 15 is 0 Å². The lowest BCUT2D eigenvalue weighted by atomic mass is 10.1. The summed E-state index contributed by atoms with van der Waals surface area (Å²) < 4.78 is 17.1. The fourth-order valence-electron chi connectivity index (χ4n) is 10.2. The van der Waals surface area contributed by atoms with Gasteiger partial charge < -0.3 is 18.1 Å². The molecule has 5 aromatic heterocycles. The van der Waals surface area contributed by atoms with Crippen LogP contribution in [0, 0.1) is 0 Å². The van der Waals surface area contributed by atoms with Crippen molar-refractivity contribution in [2.24, 2.45) is 0 Å². The normalized spacial score (nSPS) is 12.4. The summed E-state index contributed by atoms with van der Waals surface area (Å²) in [5.74, 6) is 0. The Kier molecular flexibility index (Phi) is 6.14. The van der Waals surface area contributed by atoms with E-state index in [0.717, 1.165) is 60.6 Å². The number of hydrogen-bond acceptors (Lipinski definition) is 2. The summed E-state index contributed by atoms with van der Waals surface area (Å²) in [6.07, 6.45) is 0. The second-order valence-corrected chi connectivity index (χ2v) is 16.7. The standard InChI is InChI=1S/C54H31N3OS/c1-2-13-32(14-3-1)55-43-21-9-5-17-39(43)50-46(55)29-26-36-37-27-30-47-51(53(37)58-52(36)50)40-18-6-10-22-44(40)56(47)33-25-28-45-41(31-33)34-15-4-8-20-42(34)57(45)48-23-12-19-38-35-16-7-11-24-49(35)59-54(38)48/h1-31H. The van der Waals surface area contributed by atoms with Crippen molar-refractivity contribution in [1.82, 2.24) is 13.7 Å². The van der Waals surface area contributed by atoms with Gasteiger partial charge in [0.15, 0.2) is 0 Å². The summed E-state index contributed by atoms with van der Waals surface area (Å²) >= 11 is 1.88. The van der Waals surface area contributed by atoms with Crippen LogP contribution in [0.25, 0.3) is 125 Å². The van der Waals surface area contributed by atoms with Gasteiger partial charge in [-0.25, -0.2) is 0 Å². The molecule has 0 fully saturated rings. The zero-order valence-corrected chi connectivity index (χ0v) is 32.4. The molecule has 0 saturated carbocycles. The Morgan fingerprint density at radius 1 is 0.322 bits per heavy atom. The Balaban J connectivity index is 1.03. The van der Waals surface area contributed by atoms with Crippen LogP contribution < -0.4 is 0 Å². The van der Waals surface area contributed by atoms with Crippen molar-refractivity contribution in [3.63, 3.8) is 0 Å². The van der Waals surface area contributed by atoms with Gasteiger partial charge in [-0.3, -0.25) is 0 Å². The Hall–Kier alpha value is -7.60. The van der Waals surface area contributed by atoms with Crippen molar-refractivity contribution in [2.75, 3.05) is 0 Å². The molecule has 5 heterocycles. The summed E-state index contributed by atoms with van der Waals surface area (Å²) in [5, 5.41) is 12.0. The zero-order valence-electron chi connectivity index (χ0n) is 31.6. The van der Waals surface area contributed by atoms with Crippen LogP contribution in [0.5, 0.6) is 0 Å². The van der Waals surface area contributed by atoms with E-state index in [1.165, 1.54) is 64.0 Å². The largest absolute Gasteiger partial charge is 0.455 e. The number of aromatic nitrogens is 3. The van der Waals surface area contributed by atoms with Crippen molar-refractivity contribution in [3.05, 3.63) is 188 Å². The van der Waals surface area contributed by atoms with Crippen molar-refractivity contribution in [2.45, 2.75) is 0 Å². The third kappa shape index (κ3) is 4.11. The van der Waals surface area contributed by atoms with Crippen LogP contribution in [-0.2, 0) is 0 Å². The fourth-order valence-corrected chi connectivity index (χ4v) is 11.4. The third-order valence-corrected chi connectivity index (χ3v) is 13.8. The predicted octanol–water partition coefficient (Wildman–Crippen LogP) is 15.2. The number of furan rings is 1. The number of rotatable bonds is 3. The van der Waals surface area contributed by atoms with Crippen LogP contribution in [0.4, 0.5) is 0 Å². The summed E-state index contributed by atoms with van der Waals surface area (Å²) in [5.41, 5.74) is 12.3. The Bertz CT molecular complexity index is 4080. The van der Waals surface area contributed by atoms with E-state index in [0.29, 0.717) is 0 Å². The van der Waals surface area contributed by atoms with E-state index < -0.39 is 0 Å². The maximum Gasteiger partial charge on any atom is 0.145 e. The van der Waals surface area contributed by atoms with Crippen LogP contribution in [0.2, 0.25) is 0 Å². The molecule has 0 aliphatic heterocycles. The molecule has 0 atom stereocenters. The number of para-hydroxylation sites is 4. The molecule has 0 N–H and O–H groups in total. The average molecular weight is 770 g/mol. The lowest BCUT2D eigenvalue weighted by molar-refractivity contribution is 0.677. The van der Waals surface area contributed by atoms with E-state index in [2.05, 4.69) is 202 Å². The van der Waals surface area contributed by atoms with Gasteiger partial charge in [-0.05, 0) is 84.9 Å². The Morgan fingerprint density at radius 2 is 0.847 bits per heavy atom. The molecule has 5 heteroatoms. The maximum atomic E-state index is 7.20. The smallest absolute Gasteiger partial charge is 0.145 e. The minimum Gasteiger partial charge on any atom is -0.455 e. The molecule has 59 heavy (non-hydrogen) atoms. The average Bonchev–Trinajstić information content (AvgIpc) is 4.10. The van der Waals surface area contributed by atoms with Gasteiger partial charge in [0.1, 0.15) is 11.2 Å². The van der Waals surface area contributed by atoms with Crippen molar-refractivity contribution >= 4 is 119 Å². The highest BCUT2D eigenvalue weighted by Gasteiger charge is 2.23. The van der Waals surface area contributed by atoms with Gasteiger partial charge in [0, 0.05) is 59.2 Å². The number of nitrogens with zero attached hydrogens (tertiary/aromatic N) is 3. The molecule has 0 bridgehead atoms. The number of fused-ring (bicyclic) bond motifs is 17. The van der Waals surface area contributed by atoms with Gasteiger partial charge in [0.25, 0.3) is 0 Å². The topological polar surface area (TPSA) is 27.9 Å². The van der Waals surface area contributed by atoms with Gasteiger partial charge in [-0.1, -0.05) is 103 Å². The Morgan fingerprint density at radius 3 is 1.54 bits per heavy atom. The van der Waals surface area contributed by atoms with E-state index in [1.54, 1.807) is 0 Å². The fraction of sp³-hybridized carbons (Fsp3) is 0. The van der Waals surface area contributed by atoms with Gasteiger partial charge >= 0.3 is 0 Å². The minimum atomic E-state index is 0.922. The summed E-state index contributed by atoms with van der Waals surface area (Å²) in [6.45, 7) is 0. The highest BCUT2D eigenvalue weighted by molar-refractivity contribution is 7.26. The molecule has 4 nitrogen and oxygen atoms in total. The maximum absolute atomic E-state index is 7.20. The molecule has 0 amide bonds. The summed E-state index contributed by atoms with van der Waals surface area (Å²) in [7, 11) is 0. The zero-order chi connectivity index (χ0) is 38.3. The first-order valence-electron chi connectivity index (χ1n) is 20.1. The molecule has 14 rings (SSSR count). The van der Waals surface area contributed by atoms with Gasteiger partial charge in [-0.15, -0.1) is 11.3 Å². The molecule has 0 aliphatic carbocycles. The monoisotopic (exact) mass is 769 g/mol. The quantitative estimate of drug-likeness (QED) is 0.176. The summed E-state index contributed by atoms with van der Waals surface area (Å²) in [6, 6.07) is 68.5. The number of hydrogen-bond donors (Lipinski definition) is 0. The van der Waals surface area contributed by atoms with E-state index in [1.807, 2.05) is 11.3 Å². The molecule has 0 radical (unpaired) electrons. The molecule has 0 saturated heterocycles. The lowest BCUT2D eigenvalue weighted by Gasteiger charge is -2.11. The number of benzene rings is 9. The predicted molar refractivity (Wildman–Crippen MR) is 250 cm³/mol. The van der Waals surface area contributed by atoms with E-state index in [9.17, 15) is 0 Å². The number of thiophene rings is 1. The first-order chi connectivity index (χ1) is 29.3. The molecule has 0 aliphatic rings. The lowest BCUT2D eigenvalue weighted by Crippen LogP contribution is -1.96. The second-order valence-electron chi connectivity index (χ2n) is 15.6. The second kappa shape index (κ2) is 11.5. The molecule has 9 aromatic carbocycles. The first kappa shape index (κ1) is 31.5. The molecular weight excluding hydrogens is 739 g/mol. The molecule has 0 unspecified atom stereocenters. The van der Waals surface area contributed by atoms with Crippen molar-refractivity contribution < 1.29 is 4.42 Å².